The van der Waals surface area contributed by atoms with Gasteiger partial charge in [-0.3, -0.25) is 9.88 Å². The van der Waals surface area contributed by atoms with Crippen molar-refractivity contribution in [1.82, 2.24) is 9.88 Å². The predicted octanol–water partition coefficient (Wildman–Crippen LogP) is 1.59. The average Bonchev–Trinajstić information content (AvgIpc) is 2.48. The van der Waals surface area contributed by atoms with Gasteiger partial charge < -0.3 is 15.2 Å². The number of halogens is 1. The second-order valence-corrected chi connectivity index (χ2v) is 5.13. The summed E-state index contributed by atoms with van der Waals surface area (Å²) in [5.41, 5.74) is 6.83. The fourth-order valence-electron chi connectivity index (χ4n) is 2.17. The highest BCUT2D eigenvalue weighted by Crippen LogP contribution is 2.13. The summed E-state index contributed by atoms with van der Waals surface area (Å²) >= 11 is 0. The summed E-state index contributed by atoms with van der Waals surface area (Å²) in [6.45, 7) is 5.07. The Balaban J connectivity index is 2.52. The molecule has 1 aromatic rings. The number of methoxy groups -OCH3 is 2. The van der Waals surface area contributed by atoms with Crippen LogP contribution in [0.2, 0.25) is 0 Å². The van der Waals surface area contributed by atoms with Crippen LogP contribution in [0.4, 0.5) is 4.39 Å². The molecule has 6 heteroatoms. The van der Waals surface area contributed by atoms with Crippen molar-refractivity contribution in [2.75, 3.05) is 40.5 Å². The van der Waals surface area contributed by atoms with Crippen molar-refractivity contribution in [2.24, 2.45) is 5.73 Å². The average molecular weight is 299 g/mol. The quantitative estimate of drug-likeness (QED) is 0.711. The molecule has 1 aromatic heterocycles. The van der Waals surface area contributed by atoms with Crippen LogP contribution >= 0.6 is 0 Å². The zero-order chi connectivity index (χ0) is 15.7. The van der Waals surface area contributed by atoms with E-state index in [9.17, 15) is 4.39 Å². The molecule has 0 amide bonds. The molecular weight excluding hydrogens is 273 g/mol. The van der Waals surface area contributed by atoms with Gasteiger partial charge >= 0.3 is 0 Å². The maximum absolute atomic E-state index is 12.9. The fraction of sp³-hybridized carbons (Fsp3) is 0.667. The van der Waals surface area contributed by atoms with Gasteiger partial charge in [-0.1, -0.05) is 0 Å². The van der Waals surface area contributed by atoms with Crippen LogP contribution in [0.25, 0.3) is 0 Å². The van der Waals surface area contributed by atoms with Crippen LogP contribution in [-0.2, 0) is 9.47 Å². The summed E-state index contributed by atoms with van der Waals surface area (Å²) in [5, 5.41) is 0. The number of aromatic nitrogens is 1. The van der Waals surface area contributed by atoms with Gasteiger partial charge in [-0.2, -0.15) is 0 Å². The van der Waals surface area contributed by atoms with Crippen molar-refractivity contribution in [3.63, 3.8) is 0 Å². The minimum Gasteiger partial charge on any atom is -0.383 e. The van der Waals surface area contributed by atoms with E-state index < -0.39 is 0 Å². The largest absolute Gasteiger partial charge is 0.383 e. The molecule has 0 radical (unpaired) electrons. The molecule has 0 saturated heterocycles. The molecule has 0 bridgehead atoms. The lowest BCUT2D eigenvalue weighted by molar-refractivity contribution is 0.0731. The Kier molecular flexibility index (Phi) is 8.37. The Hall–Kier alpha value is -1.08. The molecule has 0 aliphatic heterocycles. The highest BCUT2D eigenvalue weighted by atomic mass is 19.1. The van der Waals surface area contributed by atoms with Crippen LogP contribution in [0.5, 0.6) is 0 Å². The third kappa shape index (κ3) is 6.48. The molecule has 1 rings (SSSR count). The van der Waals surface area contributed by atoms with Gasteiger partial charge in [0.2, 0.25) is 0 Å². The van der Waals surface area contributed by atoms with Gasteiger partial charge in [0.05, 0.1) is 25.1 Å². The molecule has 0 aliphatic rings. The maximum Gasteiger partial charge on any atom is 0.141 e. The summed E-state index contributed by atoms with van der Waals surface area (Å²) in [6, 6.07) is 3.11. The van der Waals surface area contributed by atoms with Gasteiger partial charge in [-0.25, -0.2) is 4.39 Å². The van der Waals surface area contributed by atoms with Gasteiger partial charge in [0.1, 0.15) is 5.82 Å². The molecule has 2 N–H and O–H groups in total. The summed E-state index contributed by atoms with van der Waals surface area (Å²) < 4.78 is 23.2. The standard InChI is InChI=1S/C15H26FN3O2/c1-12(11-21-3)19(8-9-20-2)7-6-14(17)15-5-4-13(16)10-18-15/h4-5,10,12,14H,6-9,11,17H2,1-3H3. The topological polar surface area (TPSA) is 60.6 Å². The number of rotatable bonds is 10. The van der Waals surface area contributed by atoms with Crippen LogP contribution in [0.1, 0.15) is 25.1 Å². The Morgan fingerprint density at radius 1 is 1.29 bits per heavy atom. The number of hydrogen-bond acceptors (Lipinski definition) is 5. The predicted molar refractivity (Wildman–Crippen MR) is 80.5 cm³/mol. The first-order chi connectivity index (χ1) is 10.1. The van der Waals surface area contributed by atoms with Crippen molar-refractivity contribution in [3.05, 3.63) is 29.8 Å². The highest BCUT2D eigenvalue weighted by Gasteiger charge is 2.16. The zero-order valence-electron chi connectivity index (χ0n) is 13.1. The fourth-order valence-corrected chi connectivity index (χ4v) is 2.17. The summed E-state index contributed by atoms with van der Waals surface area (Å²) in [4.78, 5) is 6.31. The van der Waals surface area contributed by atoms with Gasteiger partial charge in [0, 0.05) is 39.4 Å². The number of pyridine rings is 1. The lowest BCUT2D eigenvalue weighted by Gasteiger charge is -2.29. The number of hydrogen-bond donors (Lipinski definition) is 1. The molecule has 2 atom stereocenters. The lowest BCUT2D eigenvalue weighted by atomic mass is 10.1. The first kappa shape index (κ1) is 18.0. The van der Waals surface area contributed by atoms with E-state index in [1.807, 2.05) is 0 Å². The second kappa shape index (κ2) is 9.78. The molecule has 1 heterocycles. The molecule has 0 fully saturated rings. The van der Waals surface area contributed by atoms with Crippen molar-refractivity contribution >= 4 is 0 Å². The Morgan fingerprint density at radius 3 is 2.62 bits per heavy atom. The van der Waals surface area contributed by atoms with Crippen LogP contribution in [0.3, 0.4) is 0 Å². The minimum atomic E-state index is -0.346. The summed E-state index contributed by atoms with van der Waals surface area (Å²) in [7, 11) is 3.38. The summed E-state index contributed by atoms with van der Waals surface area (Å²) in [5.74, 6) is -0.346. The van der Waals surface area contributed by atoms with E-state index in [2.05, 4.69) is 16.8 Å². The minimum absolute atomic E-state index is 0.203. The maximum atomic E-state index is 12.9. The lowest BCUT2D eigenvalue weighted by Crippen LogP contribution is -2.40. The molecule has 21 heavy (non-hydrogen) atoms. The third-order valence-corrected chi connectivity index (χ3v) is 3.47. The molecule has 0 aliphatic carbocycles. The van der Waals surface area contributed by atoms with E-state index in [1.165, 1.54) is 12.3 Å². The van der Waals surface area contributed by atoms with E-state index in [4.69, 9.17) is 15.2 Å². The van der Waals surface area contributed by atoms with Gasteiger partial charge in [-0.05, 0) is 25.5 Å². The van der Waals surface area contributed by atoms with Crippen LogP contribution < -0.4 is 5.73 Å². The van der Waals surface area contributed by atoms with Gasteiger partial charge in [0.15, 0.2) is 0 Å². The Bertz CT molecular complexity index is 389. The van der Waals surface area contributed by atoms with Gasteiger partial charge in [-0.15, -0.1) is 0 Å². The smallest absolute Gasteiger partial charge is 0.141 e. The first-order valence-corrected chi connectivity index (χ1v) is 7.17. The second-order valence-electron chi connectivity index (χ2n) is 5.13. The van der Waals surface area contributed by atoms with Crippen LogP contribution in [0.15, 0.2) is 18.3 Å². The van der Waals surface area contributed by atoms with Crippen molar-refractivity contribution in [3.8, 4) is 0 Å². The molecule has 0 spiro atoms. The van der Waals surface area contributed by atoms with Gasteiger partial charge in [0.25, 0.3) is 0 Å². The third-order valence-electron chi connectivity index (χ3n) is 3.47. The Labute approximate surface area is 126 Å². The number of ether oxygens (including phenoxy) is 2. The number of nitrogens with zero attached hydrogens (tertiary/aromatic N) is 2. The molecule has 5 nitrogen and oxygen atoms in total. The van der Waals surface area contributed by atoms with E-state index >= 15 is 0 Å². The van der Waals surface area contributed by atoms with Crippen molar-refractivity contribution in [2.45, 2.75) is 25.4 Å². The zero-order valence-corrected chi connectivity index (χ0v) is 13.1. The first-order valence-electron chi connectivity index (χ1n) is 7.17. The number of nitrogens with two attached hydrogens (primary N) is 1. The van der Waals surface area contributed by atoms with Crippen LogP contribution in [0, 0.1) is 5.82 Å². The highest BCUT2D eigenvalue weighted by molar-refractivity contribution is 5.09. The van der Waals surface area contributed by atoms with E-state index in [0.29, 0.717) is 24.9 Å². The molecular formula is C15H26FN3O2. The SMILES string of the molecule is COCCN(CCC(N)c1ccc(F)cn1)C(C)COC. The molecule has 0 saturated carbocycles. The van der Waals surface area contributed by atoms with Crippen molar-refractivity contribution < 1.29 is 13.9 Å². The van der Waals surface area contributed by atoms with E-state index in [0.717, 1.165) is 19.5 Å². The normalized spacial score (nSPS) is 14.4. The molecule has 120 valence electrons. The Morgan fingerprint density at radius 2 is 2.05 bits per heavy atom. The summed E-state index contributed by atoms with van der Waals surface area (Å²) in [6.07, 6.45) is 1.95. The van der Waals surface area contributed by atoms with E-state index in [-0.39, 0.29) is 11.9 Å². The molecule has 0 aromatic carbocycles. The van der Waals surface area contributed by atoms with Crippen molar-refractivity contribution in [1.29, 1.82) is 0 Å². The molecule has 2 unspecified atom stereocenters. The van der Waals surface area contributed by atoms with Crippen LogP contribution in [-0.4, -0.2) is 56.4 Å². The monoisotopic (exact) mass is 299 g/mol. The van der Waals surface area contributed by atoms with E-state index in [1.54, 1.807) is 20.3 Å².